The van der Waals surface area contributed by atoms with E-state index in [2.05, 4.69) is 24.4 Å². The largest absolute Gasteiger partial charge is 0.309 e. The summed E-state index contributed by atoms with van der Waals surface area (Å²) in [4.78, 5) is 0.485. The van der Waals surface area contributed by atoms with Crippen molar-refractivity contribution in [3.63, 3.8) is 0 Å². The maximum Gasteiger partial charge on any atom is 0.180 e. The normalized spacial score (nSPS) is 19.4. The fourth-order valence-corrected chi connectivity index (χ4v) is 4.66. The molecule has 1 unspecified atom stereocenters. The van der Waals surface area contributed by atoms with Crippen molar-refractivity contribution in [2.24, 2.45) is 0 Å². The van der Waals surface area contributed by atoms with Crippen LogP contribution in [0, 0.1) is 6.92 Å². The van der Waals surface area contributed by atoms with E-state index in [4.69, 9.17) is 0 Å². The predicted octanol–water partition coefficient (Wildman–Crippen LogP) is 2.66. The summed E-state index contributed by atoms with van der Waals surface area (Å²) in [6, 6.07) is 15.5. The Hall–Kier alpha value is -1.65. The Morgan fingerprint density at radius 3 is 2.62 bits per heavy atom. The van der Waals surface area contributed by atoms with Gasteiger partial charge >= 0.3 is 0 Å². The average molecular weight is 301 g/mol. The van der Waals surface area contributed by atoms with Crippen LogP contribution >= 0.6 is 0 Å². The molecule has 2 aromatic rings. The predicted molar refractivity (Wildman–Crippen MR) is 84.1 cm³/mol. The minimum atomic E-state index is -3.12. The van der Waals surface area contributed by atoms with Gasteiger partial charge in [-0.3, -0.25) is 0 Å². The van der Waals surface area contributed by atoms with E-state index >= 15 is 0 Å². The minimum absolute atomic E-state index is 0.0878. The van der Waals surface area contributed by atoms with Crippen molar-refractivity contribution in [2.45, 2.75) is 24.3 Å². The lowest BCUT2D eigenvalue weighted by Gasteiger charge is -2.13. The zero-order valence-electron chi connectivity index (χ0n) is 12.0. The highest BCUT2D eigenvalue weighted by Gasteiger charge is 2.33. The first-order chi connectivity index (χ1) is 10.1. The molecule has 21 heavy (non-hydrogen) atoms. The fraction of sp³-hybridized carbons (Fsp3) is 0.294. The number of hydrogen-bond acceptors (Lipinski definition) is 3. The molecule has 0 aromatic heterocycles. The molecule has 0 fully saturated rings. The minimum Gasteiger partial charge on any atom is -0.309 e. The van der Waals surface area contributed by atoms with Crippen LogP contribution in [0.15, 0.2) is 53.4 Å². The first kappa shape index (κ1) is 14.3. The Morgan fingerprint density at radius 1 is 1.10 bits per heavy atom. The SMILES string of the molecule is Cc1ccccc1CCNC1CS(=O)(=O)c2ccccc21. The maximum absolute atomic E-state index is 12.1. The van der Waals surface area contributed by atoms with Gasteiger partial charge in [-0.1, -0.05) is 42.5 Å². The quantitative estimate of drug-likeness (QED) is 0.944. The standard InChI is InChI=1S/C17H19NO2S/c1-13-6-2-3-7-14(13)10-11-18-16-12-21(19,20)17-9-5-4-8-15(16)17/h2-9,16,18H,10-12H2,1H3. The third-order valence-corrected chi connectivity index (χ3v) is 5.88. The van der Waals surface area contributed by atoms with E-state index in [0.29, 0.717) is 4.90 Å². The third-order valence-electron chi connectivity index (χ3n) is 4.06. The van der Waals surface area contributed by atoms with Crippen LogP contribution in [-0.2, 0) is 16.3 Å². The first-order valence-corrected chi connectivity index (χ1v) is 8.83. The number of nitrogens with one attached hydrogen (secondary N) is 1. The molecule has 0 saturated heterocycles. The molecule has 0 aliphatic carbocycles. The maximum atomic E-state index is 12.1. The van der Waals surface area contributed by atoms with Gasteiger partial charge in [-0.25, -0.2) is 8.42 Å². The first-order valence-electron chi connectivity index (χ1n) is 7.17. The second-order valence-electron chi connectivity index (χ2n) is 5.50. The summed E-state index contributed by atoms with van der Waals surface area (Å²) in [5.41, 5.74) is 3.49. The van der Waals surface area contributed by atoms with Crippen molar-refractivity contribution < 1.29 is 8.42 Å². The zero-order valence-corrected chi connectivity index (χ0v) is 12.9. The Balaban J connectivity index is 1.69. The molecule has 1 N–H and O–H groups in total. The van der Waals surface area contributed by atoms with Crippen LogP contribution in [0.3, 0.4) is 0 Å². The van der Waals surface area contributed by atoms with Gasteiger partial charge in [-0.15, -0.1) is 0 Å². The second kappa shape index (κ2) is 5.62. The van der Waals surface area contributed by atoms with Crippen LogP contribution < -0.4 is 5.32 Å². The topological polar surface area (TPSA) is 46.2 Å². The smallest absolute Gasteiger partial charge is 0.180 e. The molecule has 0 spiro atoms. The van der Waals surface area contributed by atoms with E-state index in [0.717, 1.165) is 18.5 Å². The number of hydrogen-bond donors (Lipinski definition) is 1. The van der Waals surface area contributed by atoms with Crippen molar-refractivity contribution in [2.75, 3.05) is 12.3 Å². The van der Waals surface area contributed by atoms with Crippen molar-refractivity contribution >= 4 is 9.84 Å². The molecular weight excluding hydrogens is 282 g/mol. The molecule has 1 aliphatic heterocycles. The van der Waals surface area contributed by atoms with E-state index in [1.165, 1.54) is 11.1 Å². The van der Waals surface area contributed by atoms with Crippen LogP contribution in [-0.4, -0.2) is 20.7 Å². The van der Waals surface area contributed by atoms with Gasteiger partial charge in [-0.05, 0) is 42.6 Å². The molecule has 0 radical (unpaired) electrons. The highest BCUT2D eigenvalue weighted by molar-refractivity contribution is 7.91. The molecule has 1 atom stereocenters. The average Bonchev–Trinajstić information content (AvgIpc) is 2.73. The molecule has 3 rings (SSSR count). The van der Waals surface area contributed by atoms with Gasteiger partial charge in [0, 0.05) is 6.04 Å². The van der Waals surface area contributed by atoms with E-state index in [1.54, 1.807) is 12.1 Å². The number of rotatable bonds is 4. The fourth-order valence-electron chi connectivity index (χ4n) is 2.89. The van der Waals surface area contributed by atoms with Gasteiger partial charge in [0.25, 0.3) is 0 Å². The third kappa shape index (κ3) is 2.87. The lowest BCUT2D eigenvalue weighted by Crippen LogP contribution is -2.25. The zero-order chi connectivity index (χ0) is 14.9. The van der Waals surface area contributed by atoms with Crippen molar-refractivity contribution in [1.82, 2.24) is 5.32 Å². The Morgan fingerprint density at radius 2 is 1.81 bits per heavy atom. The van der Waals surface area contributed by atoms with Gasteiger partial charge in [0.15, 0.2) is 9.84 Å². The van der Waals surface area contributed by atoms with E-state index < -0.39 is 9.84 Å². The summed E-state index contributed by atoms with van der Waals surface area (Å²) >= 11 is 0. The lowest BCUT2D eigenvalue weighted by molar-refractivity contribution is 0.568. The molecule has 1 heterocycles. The van der Waals surface area contributed by atoms with Crippen molar-refractivity contribution in [3.8, 4) is 0 Å². The summed E-state index contributed by atoms with van der Waals surface area (Å²) in [6.45, 7) is 2.88. The summed E-state index contributed by atoms with van der Waals surface area (Å²) in [5.74, 6) is 0.167. The molecule has 1 aliphatic rings. The van der Waals surface area contributed by atoms with Gasteiger partial charge < -0.3 is 5.32 Å². The van der Waals surface area contributed by atoms with Gasteiger partial charge in [0.1, 0.15) is 0 Å². The highest BCUT2D eigenvalue weighted by atomic mass is 32.2. The molecule has 110 valence electrons. The van der Waals surface area contributed by atoms with Crippen molar-refractivity contribution in [3.05, 3.63) is 65.2 Å². The van der Waals surface area contributed by atoms with E-state index in [-0.39, 0.29) is 11.8 Å². The Bertz CT molecular complexity index is 753. The van der Waals surface area contributed by atoms with E-state index in [1.807, 2.05) is 24.3 Å². The number of benzene rings is 2. The Labute approximate surface area is 125 Å². The molecule has 3 nitrogen and oxygen atoms in total. The van der Waals surface area contributed by atoms with Crippen molar-refractivity contribution in [1.29, 1.82) is 0 Å². The van der Waals surface area contributed by atoms with Crippen LogP contribution in [0.4, 0.5) is 0 Å². The lowest BCUT2D eigenvalue weighted by atomic mass is 10.1. The molecule has 2 aromatic carbocycles. The summed E-state index contributed by atoms with van der Waals surface area (Å²) in [5, 5.41) is 3.39. The number of aryl methyl sites for hydroxylation is 1. The van der Waals surface area contributed by atoms with Crippen LogP contribution in [0.25, 0.3) is 0 Å². The molecule has 0 saturated carbocycles. The van der Waals surface area contributed by atoms with Gasteiger partial charge in [0.2, 0.25) is 0 Å². The summed E-state index contributed by atoms with van der Waals surface area (Å²) < 4.78 is 24.2. The summed E-state index contributed by atoms with van der Waals surface area (Å²) in [7, 11) is -3.12. The molecular formula is C17H19NO2S. The molecule has 0 amide bonds. The number of sulfone groups is 1. The van der Waals surface area contributed by atoms with Gasteiger partial charge in [0.05, 0.1) is 10.6 Å². The molecule has 4 heteroatoms. The summed E-state index contributed by atoms with van der Waals surface area (Å²) in [6.07, 6.45) is 0.908. The van der Waals surface area contributed by atoms with Crippen LogP contribution in [0.1, 0.15) is 22.7 Å². The highest BCUT2D eigenvalue weighted by Crippen LogP contribution is 2.32. The molecule has 0 bridgehead atoms. The number of fused-ring (bicyclic) bond motifs is 1. The van der Waals surface area contributed by atoms with Crippen LogP contribution in [0.5, 0.6) is 0 Å². The van der Waals surface area contributed by atoms with Crippen LogP contribution in [0.2, 0.25) is 0 Å². The second-order valence-corrected chi connectivity index (χ2v) is 7.51. The van der Waals surface area contributed by atoms with E-state index in [9.17, 15) is 8.42 Å². The Kier molecular flexibility index (Phi) is 3.83. The van der Waals surface area contributed by atoms with Gasteiger partial charge in [-0.2, -0.15) is 0 Å². The monoisotopic (exact) mass is 301 g/mol.